The van der Waals surface area contributed by atoms with Crippen LogP contribution in [0.5, 0.6) is 0 Å². The standard InChI is InChI=1S/C16H18N2/c1-13-9-10-15(17-13)16-8-5-11-18(16)12-14-6-3-2-4-7-14/h2-8,11,13H,9-10,12H2,1H3/t13-/m1/s1. The van der Waals surface area contributed by atoms with Crippen LogP contribution in [0.1, 0.15) is 31.0 Å². The van der Waals surface area contributed by atoms with E-state index in [4.69, 9.17) is 4.99 Å². The Balaban J connectivity index is 1.86. The van der Waals surface area contributed by atoms with Crippen molar-refractivity contribution in [3.05, 3.63) is 59.9 Å². The van der Waals surface area contributed by atoms with Gasteiger partial charge in [-0.25, -0.2) is 0 Å². The smallest absolute Gasteiger partial charge is 0.0624 e. The van der Waals surface area contributed by atoms with Crippen molar-refractivity contribution >= 4 is 5.71 Å². The third-order valence-electron chi connectivity index (χ3n) is 3.50. The Morgan fingerprint density at radius 2 is 2.00 bits per heavy atom. The first-order valence-corrected chi connectivity index (χ1v) is 6.59. The molecular weight excluding hydrogens is 220 g/mol. The third kappa shape index (κ3) is 2.23. The minimum absolute atomic E-state index is 0.486. The predicted octanol–water partition coefficient (Wildman–Crippen LogP) is 3.51. The van der Waals surface area contributed by atoms with Crippen LogP contribution in [0.25, 0.3) is 0 Å². The molecule has 0 radical (unpaired) electrons. The van der Waals surface area contributed by atoms with E-state index in [0.717, 1.165) is 13.0 Å². The van der Waals surface area contributed by atoms with Crippen LogP contribution in [-0.4, -0.2) is 16.3 Å². The second-order valence-corrected chi connectivity index (χ2v) is 4.97. The molecule has 1 aromatic carbocycles. The van der Waals surface area contributed by atoms with Crippen molar-refractivity contribution in [3.63, 3.8) is 0 Å². The Morgan fingerprint density at radius 3 is 2.72 bits per heavy atom. The second kappa shape index (κ2) is 4.81. The summed E-state index contributed by atoms with van der Waals surface area (Å²) in [7, 11) is 0. The lowest BCUT2D eigenvalue weighted by molar-refractivity contribution is 0.739. The number of aliphatic imine (C=N–C) groups is 1. The summed E-state index contributed by atoms with van der Waals surface area (Å²) >= 11 is 0. The lowest BCUT2D eigenvalue weighted by Gasteiger charge is -2.09. The quantitative estimate of drug-likeness (QED) is 0.778. The summed E-state index contributed by atoms with van der Waals surface area (Å²) in [4.78, 5) is 4.73. The van der Waals surface area contributed by atoms with Gasteiger partial charge in [0.2, 0.25) is 0 Å². The van der Waals surface area contributed by atoms with Gasteiger partial charge in [-0.15, -0.1) is 0 Å². The molecule has 0 saturated heterocycles. The first-order valence-electron chi connectivity index (χ1n) is 6.59. The summed E-state index contributed by atoms with van der Waals surface area (Å²) in [5.74, 6) is 0. The average Bonchev–Trinajstić information content (AvgIpc) is 2.99. The third-order valence-corrected chi connectivity index (χ3v) is 3.50. The van der Waals surface area contributed by atoms with Gasteiger partial charge in [-0.05, 0) is 37.5 Å². The van der Waals surface area contributed by atoms with Crippen LogP contribution in [0, 0.1) is 0 Å². The van der Waals surface area contributed by atoms with Crippen LogP contribution >= 0.6 is 0 Å². The molecule has 0 unspecified atom stereocenters. The molecule has 1 aromatic heterocycles. The minimum atomic E-state index is 0.486. The highest BCUT2D eigenvalue weighted by molar-refractivity contribution is 6.00. The fraction of sp³-hybridized carbons (Fsp3) is 0.312. The number of aromatic nitrogens is 1. The van der Waals surface area contributed by atoms with Gasteiger partial charge in [0.05, 0.1) is 11.4 Å². The van der Waals surface area contributed by atoms with E-state index >= 15 is 0 Å². The maximum absolute atomic E-state index is 4.73. The molecule has 92 valence electrons. The SMILES string of the molecule is C[C@@H]1CCC(c2cccn2Cc2ccccc2)=N1. The van der Waals surface area contributed by atoms with Gasteiger partial charge < -0.3 is 4.57 Å². The summed E-state index contributed by atoms with van der Waals surface area (Å²) in [5.41, 5.74) is 3.88. The molecule has 18 heavy (non-hydrogen) atoms. The Hall–Kier alpha value is -1.83. The Morgan fingerprint density at radius 1 is 1.17 bits per heavy atom. The predicted molar refractivity (Wildman–Crippen MR) is 75.2 cm³/mol. The van der Waals surface area contributed by atoms with E-state index in [1.807, 2.05) is 0 Å². The molecular formula is C16H18N2. The molecule has 2 nitrogen and oxygen atoms in total. The maximum atomic E-state index is 4.73. The van der Waals surface area contributed by atoms with Crippen molar-refractivity contribution in [2.75, 3.05) is 0 Å². The van der Waals surface area contributed by atoms with Gasteiger partial charge in [0.15, 0.2) is 0 Å². The zero-order valence-electron chi connectivity index (χ0n) is 10.7. The van der Waals surface area contributed by atoms with Crippen LogP contribution in [0.4, 0.5) is 0 Å². The van der Waals surface area contributed by atoms with Crippen LogP contribution in [-0.2, 0) is 6.54 Å². The normalized spacial score (nSPS) is 18.9. The van der Waals surface area contributed by atoms with Gasteiger partial charge in [-0.3, -0.25) is 4.99 Å². The Kier molecular flexibility index (Phi) is 3.01. The van der Waals surface area contributed by atoms with E-state index in [1.165, 1.54) is 23.4 Å². The molecule has 1 aliphatic rings. The van der Waals surface area contributed by atoms with Gasteiger partial charge in [-0.2, -0.15) is 0 Å². The first-order chi connectivity index (χ1) is 8.83. The van der Waals surface area contributed by atoms with Crippen molar-refractivity contribution in [2.45, 2.75) is 32.4 Å². The molecule has 0 N–H and O–H groups in total. The monoisotopic (exact) mass is 238 g/mol. The zero-order chi connectivity index (χ0) is 12.4. The first kappa shape index (κ1) is 11.3. The van der Waals surface area contributed by atoms with Gasteiger partial charge in [0.25, 0.3) is 0 Å². The number of hydrogen-bond acceptors (Lipinski definition) is 1. The number of hydrogen-bond donors (Lipinski definition) is 0. The van der Waals surface area contributed by atoms with Crippen LogP contribution in [0.3, 0.4) is 0 Å². The summed E-state index contributed by atoms with van der Waals surface area (Å²) in [5, 5.41) is 0. The van der Waals surface area contributed by atoms with Crippen molar-refractivity contribution < 1.29 is 0 Å². The molecule has 0 fully saturated rings. The van der Waals surface area contributed by atoms with Gasteiger partial charge in [0, 0.05) is 18.8 Å². The van der Waals surface area contributed by atoms with E-state index in [2.05, 4.69) is 60.2 Å². The highest BCUT2D eigenvalue weighted by Crippen LogP contribution is 2.19. The molecule has 0 bridgehead atoms. The molecule has 2 heterocycles. The highest BCUT2D eigenvalue weighted by atomic mass is 15.0. The van der Waals surface area contributed by atoms with Gasteiger partial charge >= 0.3 is 0 Å². The molecule has 3 rings (SSSR count). The molecule has 0 saturated carbocycles. The van der Waals surface area contributed by atoms with E-state index in [-0.39, 0.29) is 0 Å². The lowest BCUT2D eigenvalue weighted by atomic mass is 10.1. The lowest BCUT2D eigenvalue weighted by Crippen LogP contribution is -2.08. The summed E-state index contributed by atoms with van der Waals surface area (Å²) in [6, 6.07) is 15.4. The summed E-state index contributed by atoms with van der Waals surface area (Å²) in [6.07, 6.45) is 4.44. The molecule has 2 heteroatoms. The molecule has 0 aliphatic carbocycles. The topological polar surface area (TPSA) is 17.3 Å². The molecule has 1 atom stereocenters. The largest absolute Gasteiger partial charge is 0.342 e. The summed E-state index contributed by atoms with van der Waals surface area (Å²) in [6.45, 7) is 3.12. The van der Waals surface area contributed by atoms with E-state index in [0.29, 0.717) is 6.04 Å². The fourth-order valence-electron chi connectivity index (χ4n) is 2.53. The molecule has 0 amide bonds. The molecule has 2 aromatic rings. The van der Waals surface area contributed by atoms with Crippen LogP contribution < -0.4 is 0 Å². The van der Waals surface area contributed by atoms with Crippen LogP contribution in [0.15, 0.2) is 53.7 Å². The maximum Gasteiger partial charge on any atom is 0.0624 e. The van der Waals surface area contributed by atoms with E-state index < -0.39 is 0 Å². The number of rotatable bonds is 3. The van der Waals surface area contributed by atoms with Gasteiger partial charge in [-0.1, -0.05) is 30.3 Å². The Bertz CT molecular complexity index is 551. The Labute approximate surface area is 108 Å². The summed E-state index contributed by atoms with van der Waals surface area (Å²) < 4.78 is 2.30. The number of nitrogens with zero attached hydrogens (tertiary/aromatic N) is 2. The van der Waals surface area contributed by atoms with Crippen molar-refractivity contribution in [1.29, 1.82) is 0 Å². The van der Waals surface area contributed by atoms with E-state index in [9.17, 15) is 0 Å². The molecule has 1 aliphatic heterocycles. The molecule has 0 spiro atoms. The zero-order valence-corrected chi connectivity index (χ0v) is 10.7. The van der Waals surface area contributed by atoms with Gasteiger partial charge in [0.1, 0.15) is 0 Å². The second-order valence-electron chi connectivity index (χ2n) is 4.97. The number of benzene rings is 1. The van der Waals surface area contributed by atoms with Crippen molar-refractivity contribution in [2.24, 2.45) is 4.99 Å². The van der Waals surface area contributed by atoms with Crippen molar-refractivity contribution in [1.82, 2.24) is 4.57 Å². The van der Waals surface area contributed by atoms with Crippen LogP contribution in [0.2, 0.25) is 0 Å². The fourth-order valence-corrected chi connectivity index (χ4v) is 2.53. The minimum Gasteiger partial charge on any atom is -0.342 e. The highest BCUT2D eigenvalue weighted by Gasteiger charge is 2.17. The van der Waals surface area contributed by atoms with Crippen molar-refractivity contribution in [3.8, 4) is 0 Å². The average molecular weight is 238 g/mol. The van der Waals surface area contributed by atoms with E-state index in [1.54, 1.807) is 0 Å².